The lowest BCUT2D eigenvalue weighted by molar-refractivity contribution is 0.415. The summed E-state index contributed by atoms with van der Waals surface area (Å²) >= 11 is 0. The number of hydrogen-bond acceptors (Lipinski definition) is 3. The Bertz CT molecular complexity index is 1100. The van der Waals surface area contributed by atoms with E-state index in [0.717, 1.165) is 36.5 Å². The monoisotopic (exact) mass is 380 g/mol. The first-order valence-corrected chi connectivity index (χ1v) is 10.4. The average Bonchev–Trinajstić information content (AvgIpc) is 3.18. The topological polar surface area (TPSA) is 36.3 Å². The smallest absolute Gasteiger partial charge is 0.118 e. The van der Waals surface area contributed by atoms with Gasteiger partial charge in [-0.05, 0) is 70.8 Å². The van der Waals surface area contributed by atoms with Crippen LogP contribution >= 0.6 is 0 Å². The molecule has 5 rings (SSSR count). The van der Waals surface area contributed by atoms with Gasteiger partial charge in [-0.15, -0.1) is 0 Å². The standard InChI is InChI=1S/C26H24N2O/c1-29-20-11-9-18(10-12-20)22-16-25(28-13-5-2-6-14-28)24(17-27)23-15-19-7-3-4-8-21(19)26(22)23/h3-4,7-12,16H,2,5-6,13-15H2,1H3. The molecule has 144 valence electrons. The number of methoxy groups -OCH3 is 1. The summed E-state index contributed by atoms with van der Waals surface area (Å²) in [4.78, 5) is 2.42. The second-order valence-electron chi connectivity index (χ2n) is 7.89. The van der Waals surface area contributed by atoms with Gasteiger partial charge >= 0.3 is 0 Å². The minimum Gasteiger partial charge on any atom is -0.497 e. The molecule has 3 nitrogen and oxygen atoms in total. The fourth-order valence-corrected chi connectivity index (χ4v) is 4.82. The second-order valence-corrected chi connectivity index (χ2v) is 7.89. The van der Waals surface area contributed by atoms with Gasteiger partial charge in [0.15, 0.2) is 0 Å². The Balaban J connectivity index is 1.76. The van der Waals surface area contributed by atoms with Gasteiger partial charge in [-0.25, -0.2) is 0 Å². The predicted molar refractivity (Wildman–Crippen MR) is 117 cm³/mol. The van der Waals surface area contributed by atoms with Crippen LogP contribution < -0.4 is 9.64 Å². The Hall–Kier alpha value is -3.25. The highest BCUT2D eigenvalue weighted by Crippen LogP contribution is 2.47. The lowest BCUT2D eigenvalue weighted by atomic mass is 9.90. The maximum absolute atomic E-state index is 10.1. The van der Waals surface area contributed by atoms with Gasteiger partial charge in [0.25, 0.3) is 0 Å². The summed E-state index contributed by atoms with van der Waals surface area (Å²) in [5.74, 6) is 0.857. The summed E-state index contributed by atoms with van der Waals surface area (Å²) in [5, 5.41) is 10.1. The number of rotatable bonds is 3. The molecular weight excluding hydrogens is 356 g/mol. The van der Waals surface area contributed by atoms with E-state index in [1.807, 2.05) is 12.1 Å². The zero-order valence-corrected chi connectivity index (χ0v) is 16.7. The van der Waals surface area contributed by atoms with Gasteiger partial charge in [0.05, 0.1) is 18.4 Å². The number of nitrogens with zero attached hydrogens (tertiary/aromatic N) is 2. The molecule has 0 unspecified atom stereocenters. The fourth-order valence-electron chi connectivity index (χ4n) is 4.82. The third kappa shape index (κ3) is 2.96. The third-order valence-electron chi connectivity index (χ3n) is 6.27. The summed E-state index contributed by atoms with van der Waals surface area (Å²) in [7, 11) is 1.69. The van der Waals surface area contributed by atoms with E-state index >= 15 is 0 Å². The Morgan fingerprint density at radius 2 is 1.69 bits per heavy atom. The zero-order valence-electron chi connectivity index (χ0n) is 16.7. The van der Waals surface area contributed by atoms with Crippen LogP contribution in [0.5, 0.6) is 5.75 Å². The van der Waals surface area contributed by atoms with Crippen LogP contribution in [0.4, 0.5) is 5.69 Å². The molecule has 1 heterocycles. The van der Waals surface area contributed by atoms with Crippen LogP contribution in [0, 0.1) is 11.3 Å². The minimum atomic E-state index is 0.833. The number of ether oxygens (including phenoxy) is 1. The van der Waals surface area contributed by atoms with E-state index < -0.39 is 0 Å². The molecule has 1 aliphatic carbocycles. The van der Waals surface area contributed by atoms with Crippen LogP contribution in [0.3, 0.4) is 0 Å². The lowest BCUT2D eigenvalue weighted by Crippen LogP contribution is -2.30. The highest BCUT2D eigenvalue weighted by Gasteiger charge is 2.29. The van der Waals surface area contributed by atoms with Crippen LogP contribution in [0.1, 0.15) is 36.0 Å². The maximum Gasteiger partial charge on any atom is 0.118 e. The van der Waals surface area contributed by atoms with Crippen molar-refractivity contribution in [3.63, 3.8) is 0 Å². The summed E-state index contributed by atoms with van der Waals surface area (Å²) in [6.07, 6.45) is 4.50. The quantitative estimate of drug-likeness (QED) is 0.451. The molecule has 1 fully saturated rings. The van der Waals surface area contributed by atoms with Crippen molar-refractivity contribution in [2.45, 2.75) is 25.7 Å². The normalized spacial score (nSPS) is 14.8. The number of anilines is 1. The number of benzene rings is 3. The van der Waals surface area contributed by atoms with Crippen molar-refractivity contribution in [2.24, 2.45) is 0 Å². The van der Waals surface area contributed by atoms with Crippen molar-refractivity contribution < 1.29 is 4.74 Å². The number of fused-ring (bicyclic) bond motifs is 3. The highest BCUT2D eigenvalue weighted by molar-refractivity contribution is 5.95. The summed E-state index contributed by atoms with van der Waals surface area (Å²) in [6, 6.07) is 21.7. The Labute approximate surface area is 172 Å². The summed E-state index contributed by atoms with van der Waals surface area (Å²) in [5.41, 5.74) is 9.32. The van der Waals surface area contributed by atoms with Crippen LogP contribution in [0.2, 0.25) is 0 Å². The molecule has 3 aromatic rings. The van der Waals surface area contributed by atoms with E-state index in [0.29, 0.717) is 0 Å². The van der Waals surface area contributed by atoms with Crippen LogP contribution in [0.15, 0.2) is 54.6 Å². The van der Waals surface area contributed by atoms with Gasteiger partial charge in [-0.1, -0.05) is 36.4 Å². The van der Waals surface area contributed by atoms with Crippen molar-refractivity contribution in [1.82, 2.24) is 0 Å². The van der Waals surface area contributed by atoms with Crippen LogP contribution in [0.25, 0.3) is 22.3 Å². The third-order valence-corrected chi connectivity index (χ3v) is 6.27. The Morgan fingerprint density at radius 3 is 2.41 bits per heavy atom. The minimum absolute atomic E-state index is 0.833. The molecular formula is C26H24N2O. The molecule has 3 aromatic carbocycles. The van der Waals surface area contributed by atoms with E-state index in [4.69, 9.17) is 4.74 Å². The lowest BCUT2D eigenvalue weighted by Gasteiger charge is -2.31. The largest absolute Gasteiger partial charge is 0.497 e. The predicted octanol–water partition coefficient (Wildman–Crippen LogP) is 5.80. The van der Waals surface area contributed by atoms with Gasteiger partial charge in [0, 0.05) is 19.5 Å². The molecule has 2 aliphatic rings. The molecule has 0 amide bonds. The van der Waals surface area contributed by atoms with Crippen molar-refractivity contribution >= 4 is 5.69 Å². The molecule has 0 aromatic heterocycles. The number of nitriles is 1. The molecule has 0 radical (unpaired) electrons. The molecule has 1 saturated heterocycles. The molecule has 1 aliphatic heterocycles. The molecule has 0 spiro atoms. The highest BCUT2D eigenvalue weighted by atomic mass is 16.5. The Kier molecular flexibility index (Phi) is 4.48. The second kappa shape index (κ2) is 7.29. The molecule has 0 saturated carbocycles. The van der Waals surface area contributed by atoms with E-state index in [1.165, 1.54) is 52.6 Å². The van der Waals surface area contributed by atoms with Crippen molar-refractivity contribution in [3.8, 4) is 34.1 Å². The zero-order chi connectivity index (χ0) is 19.8. The van der Waals surface area contributed by atoms with Crippen LogP contribution in [-0.2, 0) is 6.42 Å². The van der Waals surface area contributed by atoms with Gasteiger partial charge in [0.2, 0.25) is 0 Å². The number of piperidine rings is 1. The van der Waals surface area contributed by atoms with Gasteiger partial charge in [-0.3, -0.25) is 0 Å². The van der Waals surface area contributed by atoms with E-state index in [2.05, 4.69) is 53.4 Å². The first-order chi connectivity index (χ1) is 14.3. The first kappa shape index (κ1) is 17.8. The first-order valence-electron chi connectivity index (χ1n) is 10.4. The molecule has 0 atom stereocenters. The SMILES string of the molecule is COc1ccc(-c2cc(N3CCCCC3)c(C#N)c3c2-c2ccccc2C3)cc1. The number of hydrogen-bond donors (Lipinski definition) is 0. The van der Waals surface area contributed by atoms with Gasteiger partial charge in [0.1, 0.15) is 11.8 Å². The van der Waals surface area contributed by atoms with Crippen molar-refractivity contribution in [3.05, 3.63) is 71.3 Å². The van der Waals surface area contributed by atoms with E-state index in [1.54, 1.807) is 7.11 Å². The van der Waals surface area contributed by atoms with Crippen molar-refractivity contribution in [2.75, 3.05) is 25.1 Å². The molecule has 3 heteroatoms. The summed E-state index contributed by atoms with van der Waals surface area (Å²) < 4.78 is 5.36. The fraction of sp³-hybridized carbons (Fsp3) is 0.269. The molecule has 0 N–H and O–H groups in total. The Morgan fingerprint density at radius 1 is 0.931 bits per heavy atom. The maximum atomic E-state index is 10.1. The summed E-state index contributed by atoms with van der Waals surface area (Å²) in [6.45, 7) is 2.06. The van der Waals surface area contributed by atoms with Gasteiger partial charge in [-0.2, -0.15) is 5.26 Å². The van der Waals surface area contributed by atoms with Crippen molar-refractivity contribution in [1.29, 1.82) is 5.26 Å². The van der Waals surface area contributed by atoms with Gasteiger partial charge < -0.3 is 9.64 Å². The van der Waals surface area contributed by atoms with Crippen LogP contribution in [-0.4, -0.2) is 20.2 Å². The molecule has 0 bridgehead atoms. The average molecular weight is 380 g/mol. The van der Waals surface area contributed by atoms with E-state index in [-0.39, 0.29) is 0 Å². The molecule has 29 heavy (non-hydrogen) atoms. The van der Waals surface area contributed by atoms with E-state index in [9.17, 15) is 5.26 Å².